The normalized spacial score (nSPS) is 24.2. The topological polar surface area (TPSA) is 66.8 Å². The largest absolute Gasteiger partial charge is 0.508 e. The Hall–Kier alpha value is -2.82. The number of aryl methyl sites for hydroxylation is 1. The number of hydrogen-bond donors (Lipinski definition) is 1. The van der Waals surface area contributed by atoms with E-state index in [0.717, 1.165) is 24.1 Å². The lowest BCUT2D eigenvalue weighted by molar-refractivity contribution is -0.176. The molecule has 5 heteroatoms. The number of para-hydroxylation sites is 1. The Bertz CT molecular complexity index is 856. The van der Waals surface area contributed by atoms with E-state index in [1.807, 2.05) is 54.3 Å². The van der Waals surface area contributed by atoms with Gasteiger partial charge in [-0.3, -0.25) is 4.79 Å². The van der Waals surface area contributed by atoms with Crippen molar-refractivity contribution in [1.82, 2.24) is 0 Å². The average molecular weight is 393 g/mol. The smallest absolute Gasteiger partial charge is 0.337 e. The van der Waals surface area contributed by atoms with E-state index in [1.165, 1.54) is 0 Å². The molecule has 5 nitrogen and oxygen atoms in total. The van der Waals surface area contributed by atoms with Crippen molar-refractivity contribution < 1.29 is 19.4 Å². The fourth-order valence-electron chi connectivity index (χ4n) is 4.45. The number of nitrogens with zero attached hydrogens (tertiary/aromatic N) is 1. The van der Waals surface area contributed by atoms with Gasteiger partial charge in [-0.15, -0.1) is 0 Å². The highest BCUT2D eigenvalue weighted by molar-refractivity contribution is 6.08. The number of esters is 1. The molecule has 0 radical (unpaired) electrons. The fraction of sp³-hybridized carbons (Fsp3) is 0.417. The summed E-state index contributed by atoms with van der Waals surface area (Å²) in [5, 5.41) is 9.47. The number of aromatic hydroxyl groups is 1. The number of hydrogen-bond acceptors (Lipinski definition) is 5. The zero-order valence-electron chi connectivity index (χ0n) is 16.7. The van der Waals surface area contributed by atoms with Crippen LogP contribution in [0.1, 0.15) is 38.2 Å². The van der Waals surface area contributed by atoms with Crippen LogP contribution in [-0.4, -0.2) is 35.0 Å². The monoisotopic (exact) mass is 393 g/mol. The third-order valence-corrected chi connectivity index (χ3v) is 6.14. The average Bonchev–Trinajstić information content (AvgIpc) is 3.57. The quantitative estimate of drug-likeness (QED) is 0.571. The number of rotatable bonds is 7. The van der Waals surface area contributed by atoms with Gasteiger partial charge in [-0.25, -0.2) is 4.79 Å². The number of phenolic OH excluding ortho intramolecular Hbond substituents is 1. The van der Waals surface area contributed by atoms with E-state index in [4.69, 9.17) is 4.74 Å². The van der Waals surface area contributed by atoms with Crippen LogP contribution in [0.2, 0.25) is 0 Å². The van der Waals surface area contributed by atoms with E-state index in [9.17, 15) is 14.7 Å². The van der Waals surface area contributed by atoms with Gasteiger partial charge in [0, 0.05) is 18.7 Å². The number of likely N-dealkylation sites (N-methyl/N-ethyl adjacent to an activating group) is 1. The number of Topliss-reactive ketones (excluding diaryl/α,β-unsaturated/α-hetero) is 1. The molecule has 29 heavy (non-hydrogen) atoms. The molecule has 1 aliphatic heterocycles. The number of ether oxygens (including phenoxy) is 1. The lowest BCUT2D eigenvalue weighted by Crippen LogP contribution is -2.58. The second-order valence-electron chi connectivity index (χ2n) is 8.09. The summed E-state index contributed by atoms with van der Waals surface area (Å²) in [6, 6.07) is 15.8. The lowest BCUT2D eigenvalue weighted by atomic mass is 9.81. The van der Waals surface area contributed by atoms with Crippen LogP contribution in [0.25, 0.3) is 0 Å². The summed E-state index contributed by atoms with van der Waals surface area (Å²) in [5.41, 5.74) is 1.22. The second-order valence-corrected chi connectivity index (χ2v) is 8.09. The minimum absolute atomic E-state index is 0.0513. The van der Waals surface area contributed by atoms with Crippen LogP contribution in [-0.2, 0) is 20.7 Å². The third kappa shape index (κ3) is 4.00. The number of ketones is 1. The maximum absolute atomic E-state index is 13.2. The Morgan fingerprint density at radius 3 is 2.34 bits per heavy atom. The van der Waals surface area contributed by atoms with Crippen LogP contribution >= 0.6 is 0 Å². The van der Waals surface area contributed by atoms with Crippen molar-refractivity contribution >= 4 is 17.4 Å². The van der Waals surface area contributed by atoms with Crippen LogP contribution < -0.4 is 4.90 Å². The number of cyclic esters (lactones) is 1. The van der Waals surface area contributed by atoms with Crippen LogP contribution in [0.3, 0.4) is 0 Å². The minimum Gasteiger partial charge on any atom is -0.508 e. The SMILES string of the molecule is CCN(c1ccccc1)C1C(=O)CC(CCc2ccc(O)cc2)(C2CC2)OC1=O. The van der Waals surface area contributed by atoms with E-state index in [0.29, 0.717) is 19.4 Å². The predicted molar refractivity (Wildman–Crippen MR) is 111 cm³/mol. The predicted octanol–water partition coefficient (Wildman–Crippen LogP) is 3.88. The first-order valence-corrected chi connectivity index (χ1v) is 10.4. The molecule has 1 saturated carbocycles. The maximum Gasteiger partial charge on any atom is 0.337 e. The third-order valence-electron chi connectivity index (χ3n) is 6.14. The van der Waals surface area contributed by atoms with Crippen molar-refractivity contribution in [3.8, 4) is 5.75 Å². The van der Waals surface area contributed by atoms with Crippen molar-refractivity contribution in [2.75, 3.05) is 11.4 Å². The molecule has 2 fully saturated rings. The molecule has 1 saturated heterocycles. The first-order chi connectivity index (χ1) is 14.0. The van der Waals surface area contributed by atoms with Crippen molar-refractivity contribution in [3.63, 3.8) is 0 Å². The summed E-state index contributed by atoms with van der Waals surface area (Å²) in [7, 11) is 0. The number of carbonyl (C=O) groups excluding carboxylic acids is 2. The molecule has 4 rings (SSSR count). The van der Waals surface area contributed by atoms with Crippen molar-refractivity contribution in [3.05, 3.63) is 60.2 Å². The van der Waals surface area contributed by atoms with Gasteiger partial charge in [0.1, 0.15) is 11.4 Å². The molecule has 1 N–H and O–H groups in total. The van der Waals surface area contributed by atoms with E-state index in [-0.39, 0.29) is 23.9 Å². The number of benzene rings is 2. The highest BCUT2D eigenvalue weighted by Crippen LogP contribution is 2.49. The molecule has 0 amide bonds. The molecule has 2 atom stereocenters. The summed E-state index contributed by atoms with van der Waals surface area (Å²) in [6.45, 7) is 2.50. The summed E-state index contributed by atoms with van der Waals surface area (Å²) in [4.78, 5) is 28.1. The zero-order chi connectivity index (χ0) is 20.4. The first kappa shape index (κ1) is 19.5. The van der Waals surface area contributed by atoms with E-state index in [2.05, 4.69) is 0 Å². The molecular formula is C24H27NO4. The second kappa shape index (κ2) is 7.90. The zero-order valence-corrected chi connectivity index (χ0v) is 16.7. The van der Waals surface area contributed by atoms with Gasteiger partial charge in [0.15, 0.2) is 11.8 Å². The van der Waals surface area contributed by atoms with Gasteiger partial charge in [-0.1, -0.05) is 30.3 Å². The van der Waals surface area contributed by atoms with Crippen LogP contribution in [0.4, 0.5) is 5.69 Å². The van der Waals surface area contributed by atoms with Crippen molar-refractivity contribution in [1.29, 1.82) is 0 Å². The molecule has 2 aromatic carbocycles. The first-order valence-electron chi connectivity index (χ1n) is 10.4. The van der Waals surface area contributed by atoms with Crippen LogP contribution in [0.5, 0.6) is 5.75 Å². The summed E-state index contributed by atoms with van der Waals surface area (Å²) >= 11 is 0. The lowest BCUT2D eigenvalue weighted by Gasteiger charge is -2.42. The Morgan fingerprint density at radius 1 is 1.07 bits per heavy atom. The standard InChI is InChI=1S/C24H27NO4/c1-2-25(19-6-4-3-5-7-19)22-21(27)16-24(18-10-11-18,29-23(22)28)15-14-17-8-12-20(26)13-9-17/h3-9,12-13,18,22,26H,2,10-11,14-16H2,1H3. The van der Waals surface area contributed by atoms with Gasteiger partial charge < -0.3 is 14.7 Å². The highest BCUT2D eigenvalue weighted by atomic mass is 16.6. The molecule has 0 aromatic heterocycles. The van der Waals surface area contributed by atoms with Gasteiger partial charge in [-0.2, -0.15) is 0 Å². The molecule has 2 unspecified atom stereocenters. The number of anilines is 1. The highest BCUT2D eigenvalue weighted by Gasteiger charge is 2.55. The molecule has 2 aromatic rings. The molecule has 152 valence electrons. The summed E-state index contributed by atoms with van der Waals surface area (Å²) in [6.07, 6.45) is 3.60. The Morgan fingerprint density at radius 2 is 1.76 bits per heavy atom. The Balaban J connectivity index is 1.53. The van der Waals surface area contributed by atoms with E-state index < -0.39 is 17.6 Å². The summed E-state index contributed by atoms with van der Waals surface area (Å²) in [5.74, 6) is 0.0164. The number of carbonyl (C=O) groups is 2. The fourth-order valence-corrected chi connectivity index (χ4v) is 4.45. The van der Waals surface area contributed by atoms with Gasteiger partial charge in [-0.05, 0) is 68.4 Å². The van der Waals surface area contributed by atoms with Gasteiger partial charge in [0.25, 0.3) is 0 Å². The van der Waals surface area contributed by atoms with Gasteiger partial charge >= 0.3 is 5.97 Å². The molecule has 1 aliphatic carbocycles. The molecule has 0 spiro atoms. The molecular weight excluding hydrogens is 366 g/mol. The molecule has 0 bridgehead atoms. The maximum atomic E-state index is 13.2. The van der Waals surface area contributed by atoms with E-state index >= 15 is 0 Å². The molecule has 2 aliphatic rings. The summed E-state index contributed by atoms with van der Waals surface area (Å²) < 4.78 is 6.08. The van der Waals surface area contributed by atoms with Gasteiger partial charge in [0.05, 0.1) is 0 Å². The Labute approximate surface area is 171 Å². The van der Waals surface area contributed by atoms with Crippen LogP contribution in [0.15, 0.2) is 54.6 Å². The van der Waals surface area contributed by atoms with E-state index in [1.54, 1.807) is 12.1 Å². The number of phenols is 1. The van der Waals surface area contributed by atoms with Gasteiger partial charge in [0.2, 0.25) is 0 Å². The van der Waals surface area contributed by atoms with Crippen LogP contribution in [0, 0.1) is 5.92 Å². The Kier molecular flexibility index (Phi) is 5.31. The molecule has 1 heterocycles. The van der Waals surface area contributed by atoms with Crippen molar-refractivity contribution in [2.24, 2.45) is 5.92 Å². The van der Waals surface area contributed by atoms with Crippen molar-refractivity contribution in [2.45, 2.75) is 50.7 Å². The minimum atomic E-state index is -0.872.